The summed E-state index contributed by atoms with van der Waals surface area (Å²) in [7, 11) is 0. The number of nitroso groups, excluding NO2 is 1. The van der Waals surface area contributed by atoms with Crippen molar-refractivity contribution in [2.75, 3.05) is 16.8 Å². The van der Waals surface area contributed by atoms with E-state index in [1.807, 2.05) is 31.2 Å². The Balaban J connectivity index is 2.42. The molecule has 0 fully saturated rings. The second kappa shape index (κ2) is 4.66. The zero-order chi connectivity index (χ0) is 13.1. The number of aromatic nitrogens is 2. The molecular weight excluding hydrogens is 232 g/mol. The van der Waals surface area contributed by atoms with Crippen molar-refractivity contribution in [3.8, 4) is 0 Å². The number of hydrogen-bond donors (Lipinski definition) is 3. The molecule has 1 aromatic heterocycles. The van der Waals surface area contributed by atoms with Gasteiger partial charge in [0.25, 0.3) is 0 Å². The van der Waals surface area contributed by atoms with Gasteiger partial charge in [0.15, 0.2) is 17.3 Å². The summed E-state index contributed by atoms with van der Waals surface area (Å²) in [6.07, 6.45) is 0. The van der Waals surface area contributed by atoms with E-state index >= 15 is 0 Å². The van der Waals surface area contributed by atoms with Gasteiger partial charge in [-0.2, -0.15) is 9.97 Å². The van der Waals surface area contributed by atoms with Gasteiger partial charge in [-0.25, -0.2) is 0 Å². The van der Waals surface area contributed by atoms with Crippen molar-refractivity contribution < 1.29 is 0 Å². The van der Waals surface area contributed by atoms with Crippen molar-refractivity contribution in [2.45, 2.75) is 6.92 Å². The lowest BCUT2D eigenvalue weighted by atomic mass is 10.2. The molecule has 0 unspecified atom stereocenters. The number of rotatable bonds is 3. The molecule has 0 radical (unpaired) electrons. The Morgan fingerprint density at radius 3 is 2.72 bits per heavy atom. The second-order valence-electron chi connectivity index (χ2n) is 3.75. The molecule has 2 aromatic rings. The van der Waals surface area contributed by atoms with E-state index in [9.17, 15) is 4.91 Å². The Labute approximate surface area is 103 Å². The van der Waals surface area contributed by atoms with Crippen molar-refractivity contribution in [3.63, 3.8) is 0 Å². The minimum atomic E-state index is -0.0503. The number of nitrogens with zero attached hydrogens (tertiary/aromatic N) is 3. The number of nitrogens with one attached hydrogen (secondary N) is 1. The highest BCUT2D eigenvalue weighted by Crippen LogP contribution is 2.31. The summed E-state index contributed by atoms with van der Waals surface area (Å²) in [5.41, 5.74) is 12.8. The molecular formula is C11H12N6O. The summed E-state index contributed by atoms with van der Waals surface area (Å²) >= 11 is 0. The molecule has 0 atom stereocenters. The third kappa shape index (κ3) is 2.34. The van der Waals surface area contributed by atoms with Crippen molar-refractivity contribution >= 4 is 29.0 Å². The Morgan fingerprint density at radius 1 is 1.28 bits per heavy atom. The van der Waals surface area contributed by atoms with Crippen molar-refractivity contribution in [1.29, 1.82) is 0 Å². The maximum atomic E-state index is 10.7. The molecule has 1 heterocycles. The zero-order valence-electron chi connectivity index (χ0n) is 9.71. The smallest absolute Gasteiger partial charge is 0.224 e. The molecule has 2 rings (SSSR count). The predicted molar refractivity (Wildman–Crippen MR) is 70.8 cm³/mol. The maximum Gasteiger partial charge on any atom is 0.224 e. The number of anilines is 4. The van der Waals surface area contributed by atoms with Crippen LogP contribution in [0.3, 0.4) is 0 Å². The fourth-order valence-corrected chi connectivity index (χ4v) is 1.53. The van der Waals surface area contributed by atoms with Gasteiger partial charge in [-0.05, 0) is 29.8 Å². The normalized spacial score (nSPS) is 10.1. The van der Waals surface area contributed by atoms with Crippen molar-refractivity contribution in [2.24, 2.45) is 5.18 Å². The number of hydrogen-bond acceptors (Lipinski definition) is 7. The predicted octanol–water partition coefficient (Wildman–Crippen LogP) is 2.09. The molecule has 1 aromatic carbocycles. The van der Waals surface area contributed by atoms with E-state index in [0.717, 1.165) is 11.3 Å². The first-order valence-corrected chi connectivity index (χ1v) is 5.20. The summed E-state index contributed by atoms with van der Waals surface area (Å²) in [4.78, 5) is 18.3. The van der Waals surface area contributed by atoms with Crippen molar-refractivity contribution in [3.05, 3.63) is 34.7 Å². The summed E-state index contributed by atoms with van der Waals surface area (Å²) in [5.74, 6) is 0.128. The highest BCUT2D eigenvalue weighted by molar-refractivity contribution is 5.77. The largest absolute Gasteiger partial charge is 0.382 e. The summed E-state index contributed by atoms with van der Waals surface area (Å²) in [6, 6.07) is 7.55. The monoisotopic (exact) mass is 244 g/mol. The van der Waals surface area contributed by atoms with E-state index in [4.69, 9.17) is 11.5 Å². The number of aryl methyl sites for hydroxylation is 1. The zero-order valence-corrected chi connectivity index (χ0v) is 9.71. The topological polar surface area (TPSA) is 119 Å². The van der Waals surface area contributed by atoms with Crippen LogP contribution in [0, 0.1) is 11.8 Å². The Morgan fingerprint density at radius 2 is 2.06 bits per heavy atom. The van der Waals surface area contributed by atoms with Gasteiger partial charge in [-0.1, -0.05) is 12.1 Å². The van der Waals surface area contributed by atoms with Gasteiger partial charge in [-0.15, -0.1) is 4.91 Å². The molecule has 0 amide bonds. The van der Waals surface area contributed by atoms with Crippen LogP contribution in [-0.2, 0) is 0 Å². The highest BCUT2D eigenvalue weighted by atomic mass is 16.3. The van der Waals surface area contributed by atoms with Gasteiger partial charge < -0.3 is 16.8 Å². The summed E-state index contributed by atoms with van der Waals surface area (Å²) < 4.78 is 0. The Hall–Kier alpha value is -2.70. The first-order chi connectivity index (χ1) is 8.60. The Kier molecular flexibility index (Phi) is 3.05. The van der Waals surface area contributed by atoms with Crippen LogP contribution in [0.5, 0.6) is 0 Å². The lowest BCUT2D eigenvalue weighted by Crippen LogP contribution is -2.04. The average molecular weight is 244 g/mol. The quantitative estimate of drug-likeness (QED) is 0.711. The molecule has 0 aliphatic rings. The number of nitrogen functional groups attached to an aromatic ring is 2. The number of nitrogens with two attached hydrogens (primary N) is 2. The van der Waals surface area contributed by atoms with Gasteiger partial charge in [-0.3, -0.25) is 0 Å². The van der Waals surface area contributed by atoms with E-state index in [2.05, 4.69) is 20.5 Å². The minimum Gasteiger partial charge on any atom is -0.382 e. The van der Waals surface area contributed by atoms with Gasteiger partial charge in [0.1, 0.15) is 0 Å². The van der Waals surface area contributed by atoms with Crippen molar-refractivity contribution in [1.82, 2.24) is 9.97 Å². The van der Waals surface area contributed by atoms with Crippen LogP contribution in [-0.4, -0.2) is 9.97 Å². The molecule has 7 heteroatoms. The van der Waals surface area contributed by atoms with Crippen LogP contribution in [0.1, 0.15) is 5.56 Å². The van der Waals surface area contributed by atoms with Crippen LogP contribution in [0.25, 0.3) is 0 Å². The van der Waals surface area contributed by atoms with Crippen LogP contribution in [0.4, 0.5) is 29.0 Å². The fourth-order valence-electron chi connectivity index (χ4n) is 1.53. The van der Waals surface area contributed by atoms with E-state index in [1.165, 1.54) is 0 Å². The first kappa shape index (κ1) is 11.8. The molecule has 0 saturated heterocycles. The average Bonchev–Trinajstić information content (AvgIpc) is 2.28. The molecule has 5 N–H and O–H groups in total. The molecule has 0 spiro atoms. The van der Waals surface area contributed by atoms with Gasteiger partial charge in [0, 0.05) is 5.69 Å². The molecule has 7 nitrogen and oxygen atoms in total. The lowest BCUT2D eigenvalue weighted by Gasteiger charge is -2.09. The summed E-state index contributed by atoms with van der Waals surface area (Å²) in [5, 5.41) is 5.75. The van der Waals surface area contributed by atoms with Crippen LogP contribution in [0.15, 0.2) is 29.4 Å². The first-order valence-electron chi connectivity index (χ1n) is 5.20. The lowest BCUT2D eigenvalue weighted by molar-refractivity contribution is 1.18. The standard InChI is InChI=1S/C11H12N6O/c1-6-3-2-4-7(5-6)14-10-8(17-18)9(12)15-11(13)16-10/h2-5H,1H3,(H5,12,13,14,15,16). The molecule has 0 bridgehead atoms. The van der Waals surface area contributed by atoms with E-state index in [0.29, 0.717) is 0 Å². The maximum absolute atomic E-state index is 10.7. The third-order valence-electron chi connectivity index (χ3n) is 2.30. The highest BCUT2D eigenvalue weighted by Gasteiger charge is 2.12. The van der Waals surface area contributed by atoms with Gasteiger partial charge >= 0.3 is 0 Å². The van der Waals surface area contributed by atoms with Gasteiger partial charge in [0.2, 0.25) is 5.95 Å². The number of benzene rings is 1. The SMILES string of the molecule is Cc1cccc(Nc2nc(N)nc(N)c2N=O)c1. The molecule has 92 valence electrons. The fraction of sp³-hybridized carbons (Fsp3) is 0.0909. The minimum absolute atomic E-state index is 0.0185. The van der Waals surface area contributed by atoms with Crippen LogP contribution in [0.2, 0.25) is 0 Å². The van der Waals surface area contributed by atoms with E-state index < -0.39 is 0 Å². The molecule has 0 saturated carbocycles. The summed E-state index contributed by atoms with van der Waals surface area (Å²) in [6.45, 7) is 1.95. The molecule has 18 heavy (non-hydrogen) atoms. The van der Waals surface area contributed by atoms with Crippen LogP contribution >= 0.6 is 0 Å². The molecule has 0 aliphatic heterocycles. The van der Waals surface area contributed by atoms with E-state index in [-0.39, 0.29) is 23.3 Å². The Bertz CT molecular complexity index is 598. The second-order valence-corrected chi connectivity index (χ2v) is 3.75. The van der Waals surface area contributed by atoms with Gasteiger partial charge in [0.05, 0.1) is 0 Å². The van der Waals surface area contributed by atoms with Crippen LogP contribution < -0.4 is 16.8 Å². The van der Waals surface area contributed by atoms with E-state index in [1.54, 1.807) is 0 Å². The third-order valence-corrected chi connectivity index (χ3v) is 2.30. The molecule has 0 aliphatic carbocycles.